The van der Waals surface area contributed by atoms with Gasteiger partial charge in [0.1, 0.15) is 0 Å². The summed E-state index contributed by atoms with van der Waals surface area (Å²) in [7, 11) is 1.76. The van der Waals surface area contributed by atoms with Crippen molar-refractivity contribution in [1.29, 1.82) is 0 Å². The summed E-state index contributed by atoms with van der Waals surface area (Å²) in [5.74, 6) is 1.32. The molecule has 0 atom stereocenters. The molecule has 0 bridgehead atoms. The molecule has 4 rings (SSSR count). The summed E-state index contributed by atoms with van der Waals surface area (Å²) in [5.41, 5.74) is 1.41. The molecular formula is C21H26N6O2. The van der Waals surface area contributed by atoms with Crippen LogP contribution in [0.3, 0.4) is 0 Å². The third-order valence-electron chi connectivity index (χ3n) is 5.70. The van der Waals surface area contributed by atoms with E-state index in [9.17, 15) is 9.59 Å². The summed E-state index contributed by atoms with van der Waals surface area (Å²) in [4.78, 5) is 40.3. The van der Waals surface area contributed by atoms with Gasteiger partial charge in [-0.2, -0.15) is 0 Å². The van der Waals surface area contributed by atoms with Crippen LogP contribution in [0.5, 0.6) is 0 Å². The van der Waals surface area contributed by atoms with Crippen LogP contribution >= 0.6 is 0 Å². The van der Waals surface area contributed by atoms with E-state index in [1.54, 1.807) is 47.0 Å². The van der Waals surface area contributed by atoms with Crippen molar-refractivity contribution in [3.05, 3.63) is 57.3 Å². The first kappa shape index (κ1) is 19.3. The van der Waals surface area contributed by atoms with Crippen LogP contribution in [-0.2, 0) is 13.6 Å². The summed E-state index contributed by atoms with van der Waals surface area (Å²) in [6.45, 7) is 6.33. The van der Waals surface area contributed by atoms with Gasteiger partial charge >= 0.3 is 0 Å². The SMILES string of the molecule is CC(C)c1cc(=O)n(CC2CCN(c3nc4cnccc4c(=O)n3C)CC2)cn1. The zero-order chi connectivity index (χ0) is 20.5. The van der Waals surface area contributed by atoms with Crippen molar-refractivity contribution < 1.29 is 0 Å². The molecule has 1 aliphatic heterocycles. The van der Waals surface area contributed by atoms with E-state index in [1.807, 2.05) is 13.8 Å². The zero-order valence-corrected chi connectivity index (χ0v) is 17.1. The predicted molar refractivity (Wildman–Crippen MR) is 112 cm³/mol. The van der Waals surface area contributed by atoms with E-state index >= 15 is 0 Å². The Kier molecular flexibility index (Phi) is 5.17. The molecule has 1 fully saturated rings. The van der Waals surface area contributed by atoms with E-state index in [2.05, 4.69) is 19.9 Å². The third-order valence-corrected chi connectivity index (χ3v) is 5.70. The molecule has 4 heterocycles. The number of aromatic nitrogens is 5. The molecule has 8 nitrogen and oxygen atoms in total. The number of nitrogens with zero attached hydrogens (tertiary/aromatic N) is 6. The lowest BCUT2D eigenvalue weighted by atomic mass is 9.97. The quantitative estimate of drug-likeness (QED) is 0.672. The van der Waals surface area contributed by atoms with Gasteiger partial charge in [0.2, 0.25) is 5.95 Å². The lowest BCUT2D eigenvalue weighted by Gasteiger charge is -2.33. The second kappa shape index (κ2) is 7.77. The maximum Gasteiger partial charge on any atom is 0.262 e. The molecule has 0 radical (unpaired) electrons. The van der Waals surface area contributed by atoms with Crippen molar-refractivity contribution in [1.82, 2.24) is 24.1 Å². The maximum absolute atomic E-state index is 12.6. The molecule has 0 saturated carbocycles. The van der Waals surface area contributed by atoms with Gasteiger partial charge in [-0.3, -0.25) is 23.7 Å². The Hall–Kier alpha value is -3.03. The highest BCUT2D eigenvalue weighted by atomic mass is 16.1. The summed E-state index contributed by atoms with van der Waals surface area (Å²) < 4.78 is 3.32. The van der Waals surface area contributed by atoms with Crippen molar-refractivity contribution in [3.8, 4) is 0 Å². The molecule has 0 N–H and O–H groups in total. The van der Waals surface area contributed by atoms with Crippen molar-refractivity contribution in [2.24, 2.45) is 13.0 Å². The van der Waals surface area contributed by atoms with Crippen LogP contribution in [-0.4, -0.2) is 37.2 Å². The van der Waals surface area contributed by atoms with Gasteiger partial charge in [-0.05, 0) is 30.7 Å². The number of pyridine rings is 1. The fourth-order valence-corrected chi connectivity index (χ4v) is 3.88. The minimum atomic E-state index is -0.0580. The van der Waals surface area contributed by atoms with Gasteiger partial charge in [0.25, 0.3) is 11.1 Å². The lowest BCUT2D eigenvalue weighted by Crippen LogP contribution is -2.39. The lowest BCUT2D eigenvalue weighted by molar-refractivity contribution is 0.347. The van der Waals surface area contributed by atoms with E-state index in [4.69, 9.17) is 0 Å². The van der Waals surface area contributed by atoms with Gasteiger partial charge in [-0.1, -0.05) is 13.8 Å². The van der Waals surface area contributed by atoms with Crippen LogP contribution in [0.15, 0.2) is 40.4 Å². The van der Waals surface area contributed by atoms with E-state index < -0.39 is 0 Å². The van der Waals surface area contributed by atoms with Crippen molar-refractivity contribution in [2.45, 2.75) is 39.2 Å². The Morgan fingerprint density at radius 3 is 2.66 bits per heavy atom. The average molecular weight is 394 g/mol. The van der Waals surface area contributed by atoms with Crippen LogP contribution in [0.4, 0.5) is 5.95 Å². The van der Waals surface area contributed by atoms with E-state index in [0.29, 0.717) is 29.3 Å². The first-order valence-corrected chi connectivity index (χ1v) is 10.1. The highest BCUT2D eigenvalue weighted by molar-refractivity contribution is 5.77. The molecular weight excluding hydrogens is 368 g/mol. The van der Waals surface area contributed by atoms with Crippen molar-refractivity contribution in [2.75, 3.05) is 18.0 Å². The van der Waals surface area contributed by atoms with Gasteiger partial charge in [0, 0.05) is 38.9 Å². The first-order valence-electron chi connectivity index (χ1n) is 10.1. The molecule has 0 aliphatic carbocycles. The Labute approximate surface area is 168 Å². The standard InChI is InChI=1S/C21H26N6O2/c1-14(2)17-10-19(28)27(13-23-17)12-15-5-8-26(9-6-15)21-24-18-11-22-7-4-16(18)20(29)25(21)3/h4,7,10-11,13-15H,5-6,8-9,12H2,1-3H3. The Morgan fingerprint density at radius 2 is 1.97 bits per heavy atom. The largest absolute Gasteiger partial charge is 0.342 e. The number of hydrogen-bond acceptors (Lipinski definition) is 6. The maximum atomic E-state index is 12.6. The minimum Gasteiger partial charge on any atom is -0.342 e. The molecule has 152 valence electrons. The van der Waals surface area contributed by atoms with Crippen LogP contribution in [0, 0.1) is 5.92 Å². The fraction of sp³-hybridized carbons (Fsp3) is 0.476. The predicted octanol–water partition coefficient (Wildman–Crippen LogP) is 1.93. The second-order valence-electron chi connectivity index (χ2n) is 8.06. The number of fused-ring (bicyclic) bond motifs is 1. The summed E-state index contributed by atoms with van der Waals surface area (Å²) >= 11 is 0. The zero-order valence-electron chi connectivity index (χ0n) is 17.1. The molecule has 1 aliphatic rings. The minimum absolute atomic E-state index is 0.0113. The van der Waals surface area contributed by atoms with Gasteiger partial charge in [0.15, 0.2) is 0 Å². The molecule has 0 aromatic carbocycles. The molecule has 0 unspecified atom stereocenters. The highest BCUT2D eigenvalue weighted by Gasteiger charge is 2.23. The summed E-state index contributed by atoms with van der Waals surface area (Å²) in [6.07, 6.45) is 6.78. The van der Waals surface area contributed by atoms with Crippen LogP contribution < -0.4 is 16.0 Å². The Bertz CT molecular complexity index is 1140. The monoisotopic (exact) mass is 394 g/mol. The van der Waals surface area contributed by atoms with Crippen molar-refractivity contribution in [3.63, 3.8) is 0 Å². The van der Waals surface area contributed by atoms with E-state index in [1.165, 1.54) is 0 Å². The van der Waals surface area contributed by atoms with Crippen LogP contribution in [0.25, 0.3) is 10.9 Å². The van der Waals surface area contributed by atoms with Crippen LogP contribution in [0.1, 0.15) is 38.3 Å². The summed E-state index contributed by atoms with van der Waals surface area (Å²) in [6, 6.07) is 3.35. The third kappa shape index (κ3) is 3.79. The van der Waals surface area contributed by atoms with E-state index in [-0.39, 0.29) is 17.0 Å². The molecule has 3 aromatic rings. The highest BCUT2D eigenvalue weighted by Crippen LogP contribution is 2.23. The molecule has 0 amide bonds. The van der Waals surface area contributed by atoms with Crippen LogP contribution in [0.2, 0.25) is 0 Å². The number of hydrogen-bond donors (Lipinski definition) is 0. The molecule has 0 spiro atoms. The molecule has 8 heteroatoms. The first-order chi connectivity index (χ1) is 13.9. The van der Waals surface area contributed by atoms with Gasteiger partial charge in [-0.15, -0.1) is 0 Å². The summed E-state index contributed by atoms with van der Waals surface area (Å²) in [5, 5.41) is 0.581. The van der Waals surface area contributed by atoms with Gasteiger partial charge in [-0.25, -0.2) is 9.97 Å². The second-order valence-corrected chi connectivity index (χ2v) is 8.06. The normalized spacial score (nSPS) is 15.4. The number of rotatable bonds is 4. The molecule has 1 saturated heterocycles. The number of anilines is 1. The average Bonchev–Trinajstić information content (AvgIpc) is 2.72. The molecule has 3 aromatic heterocycles. The smallest absolute Gasteiger partial charge is 0.262 e. The Balaban J connectivity index is 1.48. The topological polar surface area (TPSA) is 85.9 Å². The Morgan fingerprint density at radius 1 is 1.21 bits per heavy atom. The fourth-order valence-electron chi connectivity index (χ4n) is 3.88. The van der Waals surface area contributed by atoms with Crippen molar-refractivity contribution >= 4 is 16.9 Å². The van der Waals surface area contributed by atoms with Gasteiger partial charge < -0.3 is 4.90 Å². The number of piperidine rings is 1. The van der Waals surface area contributed by atoms with Gasteiger partial charge in [0.05, 0.1) is 29.1 Å². The molecule has 29 heavy (non-hydrogen) atoms. The van der Waals surface area contributed by atoms with E-state index in [0.717, 1.165) is 31.6 Å².